The summed E-state index contributed by atoms with van der Waals surface area (Å²) in [7, 11) is 3.05. The first-order valence-corrected chi connectivity index (χ1v) is 9.49. The molecule has 0 fully saturated rings. The summed E-state index contributed by atoms with van der Waals surface area (Å²) in [6.45, 7) is 0.449. The largest absolute Gasteiger partial charge is 0.497 e. The van der Waals surface area contributed by atoms with Crippen molar-refractivity contribution in [1.29, 1.82) is 0 Å². The number of carbonyl (C=O) groups is 1. The molecule has 3 aromatic carbocycles. The molecule has 7 heteroatoms. The Balaban J connectivity index is 1.55. The highest BCUT2D eigenvalue weighted by Crippen LogP contribution is 2.22. The van der Waals surface area contributed by atoms with E-state index in [-0.39, 0.29) is 5.91 Å². The average Bonchev–Trinajstić information content (AvgIpc) is 2.79. The van der Waals surface area contributed by atoms with Gasteiger partial charge in [0.15, 0.2) is 0 Å². The number of rotatable bonds is 8. The second-order valence-corrected chi connectivity index (χ2v) is 6.72. The van der Waals surface area contributed by atoms with Gasteiger partial charge in [-0.3, -0.25) is 4.79 Å². The summed E-state index contributed by atoms with van der Waals surface area (Å²) in [6.07, 6.45) is 1.55. The maximum atomic E-state index is 12.3. The van der Waals surface area contributed by atoms with Crippen molar-refractivity contribution < 1.29 is 19.0 Å². The number of nitrogens with one attached hydrogen (secondary N) is 1. The van der Waals surface area contributed by atoms with E-state index in [2.05, 4.69) is 10.5 Å². The van der Waals surface area contributed by atoms with Crippen molar-refractivity contribution in [1.82, 2.24) is 5.43 Å². The van der Waals surface area contributed by atoms with Crippen molar-refractivity contribution in [2.75, 3.05) is 14.2 Å². The standard InChI is InChI=1S/C23H21ClN2O4/c1-28-21-11-18(12-22(13-21)29-2)23(27)26-25-14-16-5-9-20(10-6-16)30-15-17-3-7-19(24)8-4-17/h3-14H,15H2,1-2H3,(H,26,27). The lowest BCUT2D eigenvalue weighted by molar-refractivity contribution is 0.0954. The molecule has 1 N–H and O–H groups in total. The van der Waals surface area contributed by atoms with E-state index in [1.807, 2.05) is 48.5 Å². The normalized spacial score (nSPS) is 10.6. The minimum absolute atomic E-state index is 0.369. The number of nitrogens with zero attached hydrogens (tertiary/aromatic N) is 1. The van der Waals surface area contributed by atoms with Crippen molar-refractivity contribution in [3.8, 4) is 17.2 Å². The van der Waals surface area contributed by atoms with Crippen LogP contribution in [0.3, 0.4) is 0 Å². The van der Waals surface area contributed by atoms with E-state index in [0.717, 1.165) is 16.9 Å². The van der Waals surface area contributed by atoms with Crippen LogP contribution in [-0.2, 0) is 6.61 Å². The van der Waals surface area contributed by atoms with Crippen LogP contribution in [0.5, 0.6) is 17.2 Å². The van der Waals surface area contributed by atoms with Crippen LogP contribution in [0.4, 0.5) is 0 Å². The van der Waals surface area contributed by atoms with Gasteiger partial charge in [-0.05, 0) is 59.7 Å². The molecule has 3 aromatic rings. The van der Waals surface area contributed by atoms with Gasteiger partial charge in [-0.2, -0.15) is 5.10 Å². The summed E-state index contributed by atoms with van der Waals surface area (Å²) < 4.78 is 16.1. The van der Waals surface area contributed by atoms with Crippen LogP contribution >= 0.6 is 11.6 Å². The molecule has 0 spiro atoms. The summed E-state index contributed by atoms with van der Waals surface area (Å²) in [5, 5.41) is 4.70. The van der Waals surface area contributed by atoms with Gasteiger partial charge in [-0.15, -0.1) is 0 Å². The maximum Gasteiger partial charge on any atom is 0.271 e. The van der Waals surface area contributed by atoms with E-state index in [1.165, 1.54) is 14.2 Å². The molecule has 0 saturated carbocycles. The summed E-state index contributed by atoms with van der Waals surface area (Å²) in [5.74, 6) is 1.41. The number of methoxy groups -OCH3 is 2. The van der Waals surface area contributed by atoms with E-state index >= 15 is 0 Å². The van der Waals surface area contributed by atoms with Crippen molar-refractivity contribution in [2.24, 2.45) is 5.10 Å². The predicted octanol–water partition coefficient (Wildman–Crippen LogP) is 4.70. The zero-order chi connectivity index (χ0) is 21.3. The lowest BCUT2D eigenvalue weighted by Gasteiger charge is -2.07. The number of hydrazone groups is 1. The molecule has 0 aliphatic heterocycles. The van der Waals surface area contributed by atoms with Crippen LogP contribution in [0.2, 0.25) is 5.02 Å². The molecule has 0 radical (unpaired) electrons. The highest BCUT2D eigenvalue weighted by molar-refractivity contribution is 6.30. The Kier molecular flexibility index (Phi) is 7.29. The molecule has 0 heterocycles. The summed E-state index contributed by atoms with van der Waals surface area (Å²) >= 11 is 5.88. The van der Waals surface area contributed by atoms with Crippen molar-refractivity contribution >= 4 is 23.7 Å². The molecule has 0 atom stereocenters. The van der Waals surface area contributed by atoms with Crippen LogP contribution in [-0.4, -0.2) is 26.3 Å². The first-order valence-electron chi connectivity index (χ1n) is 9.11. The van der Waals surface area contributed by atoms with Crippen LogP contribution in [0.1, 0.15) is 21.5 Å². The molecule has 0 aliphatic rings. The highest BCUT2D eigenvalue weighted by atomic mass is 35.5. The topological polar surface area (TPSA) is 69.2 Å². The number of amides is 1. The Bertz CT molecular complexity index is 996. The molecule has 0 aromatic heterocycles. The third-order valence-electron chi connectivity index (χ3n) is 4.19. The quantitative estimate of drug-likeness (QED) is 0.420. The molecule has 3 rings (SSSR count). The SMILES string of the molecule is COc1cc(OC)cc(C(=O)NN=Cc2ccc(OCc3ccc(Cl)cc3)cc2)c1. The van der Waals surface area contributed by atoms with Gasteiger partial charge in [-0.1, -0.05) is 23.7 Å². The Labute approximate surface area is 180 Å². The fourth-order valence-corrected chi connectivity index (χ4v) is 2.69. The molecule has 0 unspecified atom stereocenters. The van der Waals surface area contributed by atoms with Crippen molar-refractivity contribution in [3.63, 3.8) is 0 Å². The lowest BCUT2D eigenvalue weighted by Crippen LogP contribution is -2.17. The zero-order valence-corrected chi connectivity index (χ0v) is 17.3. The van der Waals surface area contributed by atoms with Gasteiger partial charge in [-0.25, -0.2) is 5.43 Å². The van der Waals surface area contributed by atoms with Gasteiger partial charge >= 0.3 is 0 Å². The third kappa shape index (κ3) is 5.99. The Hall–Kier alpha value is -3.51. The fraction of sp³-hybridized carbons (Fsp3) is 0.130. The van der Waals surface area contributed by atoms with Crippen LogP contribution in [0, 0.1) is 0 Å². The number of halogens is 1. The van der Waals surface area contributed by atoms with E-state index in [1.54, 1.807) is 24.4 Å². The van der Waals surface area contributed by atoms with E-state index < -0.39 is 0 Å². The Morgan fingerprint density at radius 1 is 0.933 bits per heavy atom. The molecular weight excluding hydrogens is 404 g/mol. The third-order valence-corrected chi connectivity index (χ3v) is 4.44. The predicted molar refractivity (Wildman–Crippen MR) is 117 cm³/mol. The average molecular weight is 425 g/mol. The second-order valence-electron chi connectivity index (χ2n) is 6.28. The molecule has 154 valence electrons. The van der Waals surface area contributed by atoms with Gasteiger partial charge in [0.25, 0.3) is 5.91 Å². The van der Waals surface area contributed by atoms with E-state index in [9.17, 15) is 4.79 Å². The molecule has 30 heavy (non-hydrogen) atoms. The van der Waals surface area contributed by atoms with Gasteiger partial charge < -0.3 is 14.2 Å². The van der Waals surface area contributed by atoms with Crippen LogP contribution < -0.4 is 19.6 Å². The lowest BCUT2D eigenvalue weighted by atomic mass is 10.2. The Morgan fingerprint density at radius 3 is 2.17 bits per heavy atom. The summed E-state index contributed by atoms with van der Waals surface area (Å²) in [5.41, 5.74) is 4.72. The van der Waals surface area contributed by atoms with Crippen molar-refractivity contribution in [2.45, 2.75) is 6.61 Å². The molecular formula is C23H21ClN2O4. The zero-order valence-electron chi connectivity index (χ0n) is 16.6. The minimum Gasteiger partial charge on any atom is -0.497 e. The van der Waals surface area contributed by atoms with E-state index in [4.69, 9.17) is 25.8 Å². The Morgan fingerprint density at radius 2 is 1.57 bits per heavy atom. The number of ether oxygens (including phenoxy) is 3. The molecule has 1 amide bonds. The fourth-order valence-electron chi connectivity index (χ4n) is 2.57. The number of hydrogen-bond acceptors (Lipinski definition) is 5. The van der Waals surface area contributed by atoms with Crippen molar-refractivity contribution in [3.05, 3.63) is 88.4 Å². The molecule has 0 aliphatic carbocycles. The van der Waals surface area contributed by atoms with Crippen LogP contribution in [0.25, 0.3) is 0 Å². The minimum atomic E-state index is -0.369. The molecule has 6 nitrogen and oxygen atoms in total. The summed E-state index contributed by atoms with van der Waals surface area (Å²) in [6, 6.07) is 19.8. The number of benzene rings is 3. The number of hydrogen-bond donors (Lipinski definition) is 1. The smallest absolute Gasteiger partial charge is 0.271 e. The molecule has 0 bridgehead atoms. The van der Waals surface area contributed by atoms with E-state index in [0.29, 0.717) is 28.7 Å². The van der Waals surface area contributed by atoms with Gasteiger partial charge in [0.05, 0.1) is 20.4 Å². The van der Waals surface area contributed by atoms with Gasteiger partial charge in [0.2, 0.25) is 0 Å². The van der Waals surface area contributed by atoms with Gasteiger partial charge in [0.1, 0.15) is 23.9 Å². The first-order chi connectivity index (χ1) is 14.6. The maximum absolute atomic E-state index is 12.3. The highest BCUT2D eigenvalue weighted by Gasteiger charge is 2.09. The molecule has 0 saturated heterocycles. The van der Waals surface area contributed by atoms with Crippen LogP contribution in [0.15, 0.2) is 71.8 Å². The first kappa shape index (κ1) is 21.2. The monoisotopic (exact) mass is 424 g/mol. The van der Waals surface area contributed by atoms with Gasteiger partial charge in [0, 0.05) is 16.7 Å². The number of carbonyl (C=O) groups excluding carboxylic acids is 1. The summed E-state index contributed by atoms with van der Waals surface area (Å²) in [4.78, 5) is 12.3. The second kappa shape index (κ2) is 10.3.